The number of hydrogen-bond donors (Lipinski definition) is 5. The number of anilines is 3. The first-order valence-corrected chi connectivity index (χ1v) is 9.50. The standard InChI is InChI=1S/C15H17N7O2.C4H9NO/c1-7(23)6-24-9-4-2-8(3-5-9)10-12(16)20-14-11(19-10)13(17)21-15(18)22-14;1-3-6-4-2-5-1/h2-5,7,23H,6H2,1H3,(H6,16,17,18,20,21,22);5H,1-4H2. The number of nitrogens with one attached hydrogen (secondary N) is 1. The van der Waals surface area contributed by atoms with Gasteiger partial charge in [-0.1, -0.05) is 0 Å². The SMILES string of the molecule is C1COCCN1.CC(O)COc1ccc(-c2nc3c(N)nc(N)nc3nc2N)cc1. The minimum atomic E-state index is -0.540. The van der Waals surface area contributed by atoms with Gasteiger partial charge in [-0.25, -0.2) is 9.97 Å². The molecule has 8 N–H and O–H groups in total. The van der Waals surface area contributed by atoms with Crippen LogP contribution in [0.25, 0.3) is 22.4 Å². The number of hydrogen-bond acceptors (Lipinski definition) is 11. The number of nitrogens with zero attached hydrogens (tertiary/aromatic N) is 4. The van der Waals surface area contributed by atoms with Gasteiger partial charge in [0.05, 0.1) is 19.3 Å². The van der Waals surface area contributed by atoms with Gasteiger partial charge < -0.3 is 37.1 Å². The highest BCUT2D eigenvalue weighted by atomic mass is 16.5. The molecule has 1 aromatic carbocycles. The first-order valence-electron chi connectivity index (χ1n) is 9.50. The van der Waals surface area contributed by atoms with E-state index in [0.717, 1.165) is 31.9 Å². The fraction of sp³-hybridized carbons (Fsp3) is 0.368. The summed E-state index contributed by atoms with van der Waals surface area (Å²) >= 11 is 0. The second-order valence-electron chi connectivity index (χ2n) is 6.64. The molecule has 1 unspecified atom stereocenters. The van der Waals surface area contributed by atoms with Crippen LogP contribution in [-0.4, -0.2) is 64.1 Å². The lowest BCUT2D eigenvalue weighted by molar-refractivity contribution is 0.109. The van der Waals surface area contributed by atoms with E-state index in [1.54, 1.807) is 31.2 Å². The molecule has 1 fully saturated rings. The maximum atomic E-state index is 9.24. The molecule has 11 nitrogen and oxygen atoms in total. The summed E-state index contributed by atoms with van der Waals surface area (Å²) in [7, 11) is 0. The molecule has 0 radical (unpaired) electrons. The summed E-state index contributed by atoms with van der Waals surface area (Å²) in [6, 6.07) is 7.09. The van der Waals surface area contributed by atoms with Crippen LogP contribution in [0.4, 0.5) is 17.6 Å². The van der Waals surface area contributed by atoms with Crippen molar-refractivity contribution in [3.8, 4) is 17.0 Å². The quantitative estimate of drug-likeness (QED) is 0.393. The Bertz CT molecular complexity index is 966. The van der Waals surface area contributed by atoms with Crippen molar-refractivity contribution in [3.63, 3.8) is 0 Å². The number of nitrogen functional groups attached to an aromatic ring is 3. The topological polar surface area (TPSA) is 180 Å². The van der Waals surface area contributed by atoms with Crippen LogP contribution >= 0.6 is 0 Å². The lowest BCUT2D eigenvalue weighted by Gasteiger charge is -2.10. The molecule has 2 aromatic heterocycles. The Balaban J connectivity index is 0.000000367. The predicted molar refractivity (Wildman–Crippen MR) is 115 cm³/mol. The van der Waals surface area contributed by atoms with Gasteiger partial charge in [0.15, 0.2) is 22.8 Å². The summed E-state index contributed by atoms with van der Waals surface area (Å²) in [6.07, 6.45) is -0.540. The van der Waals surface area contributed by atoms with E-state index in [0.29, 0.717) is 17.0 Å². The number of morpholine rings is 1. The van der Waals surface area contributed by atoms with Crippen molar-refractivity contribution in [3.05, 3.63) is 24.3 Å². The second-order valence-corrected chi connectivity index (χ2v) is 6.64. The highest BCUT2D eigenvalue weighted by molar-refractivity contribution is 5.87. The van der Waals surface area contributed by atoms with Crippen molar-refractivity contribution < 1.29 is 14.6 Å². The average molecular weight is 414 g/mol. The molecule has 3 aromatic rings. The van der Waals surface area contributed by atoms with Gasteiger partial charge in [0.2, 0.25) is 5.95 Å². The van der Waals surface area contributed by atoms with Crippen LogP contribution < -0.4 is 27.3 Å². The van der Waals surface area contributed by atoms with E-state index in [-0.39, 0.29) is 29.8 Å². The van der Waals surface area contributed by atoms with E-state index in [1.807, 2.05) is 0 Å². The third-order valence-electron chi connectivity index (χ3n) is 4.07. The van der Waals surface area contributed by atoms with Gasteiger partial charge in [-0.2, -0.15) is 9.97 Å². The molecular formula is C19H26N8O3. The van der Waals surface area contributed by atoms with Crippen LogP contribution in [-0.2, 0) is 4.74 Å². The van der Waals surface area contributed by atoms with Gasteiger partial charge in [0.1, 0.15) is 18.1 Å². The molecule has 1 aliphatic rings. The maximum Gasteiger partial charge on any atom is 0.224 e. The summed E-state index contributed by atoms with van der Waals surface area (Å²) in [5.41, 5.74) is 19.1. The molecule has 0 amide bonds. The zero-order chi connectivity index (χ0) is 21.5. The van der Waals surface area contributed by atoms with Gasteiger partial charge in [-0.15, -0.1) is 0 Å². The van der Waals surface area contributed by atoms with Crippen LogP contribution in [0, 0.1) is 0 Å². The molecule has 3 heterocycles. The Morgan fingerprint density at radius 3 is 2.30 bits per heavy atom. The fourth-order valence-electron chi connectivity index (χ4n) is 2.65. The number of fused-ring (bicyclic) bond motifs is 1. The highest BCUT2D eigenvalue weighted by Gasteiger charge is 2.13. The van der Waals surface area contributed by atoms with Gasteiger partial charge >= 0.3 is 0 Å². The van der Waals surface area contributed by atoms with Crippen molar-refractivity contribution in [2.24, 2.45) is 0 Å². The van der Waals surface area contributed by atoms with Crippen LogP contribution in [0.3, 0.4) is 0 Å². The number of aliphatic hydroxyl groups is 1. The number of rotatable bonds is 4. The van der Waals surface area contributed by atoms with Crippen LogP contribution in [0.15, 0.2) is 24.3 Å². The molecule has 30 heavy (non-hydrogen) atoms. The van der Waals surface area contributed by atoms with Crippen molar-refractivity contribution in [2.45, 2.75) is 13.0 Å². The lowest BCUT2D eigenvalue weighted by Crippen LogP contribution is -2.30. The summed E-state index contributed by atoms with van der Waals surface area (Å²) in [5.74, 6) is 0.990. The molecular weight excluding hydrogens is 388 g/mol. The van der Waals surface area contributed by atoms with Crippen LogP contribution in [0.2, 0.25) is 0 Å². The predicted octanol–water partition coefficient (Wildman–Crippen LogP) is 0.199. The fourth-order valence-corrected chi connectivity index (χ4v) is 2.65. The summed E-state index contributed by atoms with van der Waals surface area (Å²) in [5, 5.41) is 12.4. The van der Waals surface area contributed by atoms with Crippen molar-refractivity contribution >= 4 is 28.7 Å². The van der Waals surface area contributed by atoms with E-state index in [4.69, 9.17) is 26.7 Å². The summed E-state index contributed by atoms with van der Waals surface area (Å²) in [4.78, 5) is 16.5. The molecule has 160 valence electrons. The third-order valence-corrected chi connectivity index (χ3v) is 4.07. The number of nitrogens with two attached hydrogens (primary N) is 3. The molecule has 1 atom stereocenters. The molecule has 11 heteroatoms. The van der Waals surface area contributed by atoms with Crippen LogP contribution in [0.1, 0.15) is 6.92 Å². The molecule has 0 aliphatic carbocycles. The van der Waals surface area contributed by atoms with Crippen molar-refractivity contribution in [1.29, 1.82) is 0 Å². The zero-order valence-electron chi connectivity index (χ0n) is 16.7. The first-order chi connectivity index (χ1) is 14.4. The van der Waals surface area contributed by atoms with E-state index in [9.17, 15) is 5.11 Å². The largest absolute Gasteiger partial charge is 0.491 e. The minimum absolute atomic E-state index is 0.0149. The first kappa shape index (κ1) is 21.4. The normalized spacial score (nSPS) is 14.6. The molecule has 1 saturated heterocycles. The lowest BCUT2D eigenvalue weighted by atomic mass is 10.1. The summed E-state index contributed by atoms with van der Waals surface area (Å²) in [6.45, 7) is 5.70. The molecule has 4 rings (SSSR count). The van der Waals surface area contributed by atoms with E-state index < -0.39 is 6.10 Å². The monoisotopic (exact) mass is 414 g/mol. The number of ether oxygens (including phenoxy) is 2. The van der Waals surface area contributed by atoms with Crippen LogP contribution in [0.5, 0.6) is 5.75 Å². The summed E-state index contributed by atoms with van der Waals surface area (Å²) < 4.78 is 10.4. The number of benzene rings is 1. The number of aliphatic hydroxyl groups excluding tert-OH is 1. The van der Waals surface area contributed by atoms with Crippen molar-refractivity contribution in [1.82, 2.24) is 25.3 Å². The highest BCUT2D eigenvalue weighted by Crippen LogP contribution is 2.27. The Morgan fingerprint density at radius 2 is 1.73 bits per heavy atom. The smallest absolute Gasteiger partial charge is 0.224 e. The van der Waals surface area contributed by atoms with E-state index in [1.165, 1.54) is 0 Å². The van der Waals surface area contributed by atoms with Gasteiger partial charge in [0, 0.05) is 18.7 Å². The zero-order valence-corrected chi connectivity index (χ0v) is 16.7. The molecule has 1 aliphatic heterocycles. The van der Waals surface area contributed by atoms with Gasteiger partial charge in [-0.3, -0.25) is 0 Å². The van der Waals surface area contributed by atoms with Gasteiger partial charge in [-0.05, 0) is 31.2 Å². The Kier molecular flexibility index (Phi) is 7.12. The number of aromatic nitrogens is 4. The third kappa shape index (κ3) is 5.63. The van der Waals surface area contributed by atoms with Gasteiger partial charge in [0.25, 0.3) is 0 Å². The Morgan fingerprint density at radius 1 is 1.03 bits per heavy atom. The molecule has 0 bridgehead atoms. The maximum absolute atomic E-state index is 9.24. The van der Waals surface area contributed by atoms with E-state index >= 15 is 0 Å². The molecule has 0 saturated carbocycles. The second kappa shape index (κ2) is 9.96. The Labute approximate surface area is 173 Å². The van der Waals surface area contributed by atoms with E-state index in [2.05, 4.69) is 25.3 Å². The van der Waals surface area contributed by atoms with Crippen molar-refractivity contribution in [2.75, 3.05) is 50.1 Å². The molecule has 0 spiro atoms. The minimum Gasteiger partial charge on any atom is -0.491 e. The average Bonchev–Trinajstić information content (AvgIpc) is 2.74. The Hall–Kier alpha value is -3.28.